The molecule has 0 bridgehead atoms. The van der Waals surface area contributed by atoms with Gasteiger partial charge in [-0.2, -0.15) is 0 Å². The van der Waals surface area contributed by atoms with Crippen LogP contribution in [-0.2, 0) is 14.3 Å². The lowest BCUT2D eigenvalue weighted by Crippen LogP contribution is -2.57. The second-order valence-corrected chi connectivity index (χ2v) is 10.6. The van der Waals surface area contributed by atoms with Crippen molar-refractivity contribution in [3.8, 4) is 5.75 Å². The van der Waals surface area contributed by atoms with Crippen molar-refractivity contribution in [2.75, 3.05) is 0 Å². The lowest BCUT2D eigenvalue weighted by atomic mass is 9.93. The van der Waals surface area contributed by atoms with E-state index in [9.17, 15) is 19.5 Å². The molecule has 4 unspecified atom stereocenters. The molecule has 0 radical (unpaired) electrons. The number of nitrogens with one attached hydrogen (secondary N) is 2. The molecule has 0 spiro atoms. The van der Waals surface area contributed by atoms with Gasteiger partial charge in [0.05, 0.1) is 0 Å². The van der Waals surface area contributed by atoms with Crippen molar-refractivity contribution in [1.29, 1.82) is 0 Å². The third-order valence-corrected chi connectivity index (χ3v) is 5.99. The van der Waals surface area contributed by atoms with E-state index in [4.69, 9.17) is 4.74 Å². The SMILES string of the molecule is CCC(C)C(NC(=O)OC(C)(C)C)C(=O)N(C(C)CC)C(C(=O)NC(C)C)c1cccc(C)c1O. The number of carbonyl (C=O) groups excluding carboxylic acids is 3. The number of nitrogens with zero attached hydrogens (tertiary/aromatic N) is 1. The highest BCUT2D eigenvalue weighted by Crippen LogP contribution is 2.34. The molecule has 198 valence electrons. The van der Waals surface area contributed by atoms with Crippen molar-refractivity contribution in [1.82, 2.24) is 15.5 Å². The summed E-state index contributed by atoms with van der Waals surface area (Å²) in [5.74, 6) is -1.04. The number of phenols is 1. The Balaban J connectivity index is 3.64. The molecule has 35 heavy (non-hydrogen) atoms. The number of carbonyl (C=O) groups is 3. The van der Waals surface area contributed by atoms with Gasteiger partial charge in [0.2, 0.25) is 11.8 Å². The molecule has 8 heteroatoms. The van der Waals surface area contributed by atoms with Crippen molar-refractivity contribution in [3.05, 3.63) is 29.3 Å². The van der Waals surface area contributed by atoms with Gasteiger partial charge in [-0.1, -0.05) is 45.4 Å². The van der Waals surface area contributed by atoms with Crippen LogP contribution in [0, 0.1) is 12.8 Å². The molecule has 0 saturated carbocycles. The van der Waals surface area contributed by atoms with Crippen molar-refractivity contribution in [2.24, 2.45) is 5.92 Å². The lowest BCUT2D eigenvalue weighted by Gasteiger charge is -2.39. The summed E-state index contributed by atoms with van der Waals surface area (Å²) >= 11 is 0. The Hall–Kier alpha value is -2.77. The van der Waals surface area contributed by atoms with Crippen LogP contribution in [0.25, 0.3) is 0 Å². The average molecular weight is 492 g/mol. The van der Waals surface area contributed by atoms with Crippen LogP contribution in [0.2, 0.25) is 0 Å². The van der Waals surface area contributed by atoms with Crippen LogP contribution in [0.3, 0.4) is 0 Å². The van der Waals surface area contributed by atoms with E-state index in [1.54, 1.807) is 45.9 Å². The van der Waals surface area contributed by atoms with Crippen molar-refractivity contribution in [3.63, 3.8) is 0 Å². The molecule has 1 rings (SSSR count). The monoisotopic (exact) mass is 491 g/mol. The summed E-state index contributed by atoms with van der Waals surface area (Å²) in [7, 11) is 0. The van der Waals surface area contributed by atoms with E-state index >= 15 is 0 Å². The first-order valence-electron chi connectivity index (χ1n) is 12.5. The Morgan fingerprint density at radius 2 is 1.63 bits per heavy atom. The standard InChI is InChI=1S/C27H45N3O5/c1-11-17(5)21(29-26(34)35-27(8,9)10)25(33)30(19(7)12-2)22(24(32)28-16(3)4)20-15-13-14-18(6)23(20)31/h13-17,19,21-22,31H,11-12H2,1-10H3,(H,28,32)(H,29,34). The number of hydrogen-bond donors (Lipinski definition) is 3. The lowest BCUT2D eigenvalue weighted by molar-refractivity contribution is -0.146. The molecule has 1 aromatic carbocycles. The van der Waals surface area contributed by atoms with E-state index in [-0.39, 0.29) is 23.8 Å². The first kappa shape index (κ1) is 30.3. The summed E-state index contributed by atoms with van der Waals surface area (Å²) in [5, 5.41) is 16.5. The zero-order valence-electron chi connectivity index (χ0n) is 23.1. The van der Waals surface area contributed by atoms with Crippen LogP contribution in [0.5, 0.6) is 5.75 Å². The molecule has 8 nitrogen and oxygen atoms in total. The maximum Gasteiger partial charge on any atom is 0.408 e. The zero-order valence-corrected chi connectivity index (χ0v) is 23.1. The number of benzene rings is 1. The molecule has 0 aliphatic carbocycles. The van der Waals surface area contributed by atoms with Gasteiger partial charge in [0, 0.05) is 17.6 Å². The van der Waals surface area contributed by atoms with Crippen molar-refractivity contribution in [2.45, 2.75) is 112 Å². The number of alkyl carbamates (subject to hydrolysis) is 1. The number of rotatable bonds is 10. The summed E-state index contributed by atoms with van der Waals surface area (Å²) in [5.41, 5.74) is 0.222. The van der Waals surface area contributed by atoms with E-state index < -0.39 is 35.6 Å². The topological polar surface area (TPSA) is 108 Å². The van der Waals surface area contributed by atoms with Crippen LogP contribution in [0.15, 0.2) is 18.2 Å². The van der Waals surface area contributed by atoms with Gasteiger partial charge in [0.1, 0.15) is 23.4 Å². The Morgan fingerprint density at radius 1 is 1.03 bits per heavy atom. The van der Waals surface area contributed by atoms with Crippen LogP contribution in [0.4, 0.5) is 4.79 Å². The minimum Gasteiger partial charge on any atom is -0.507 e. The quantitative estimate of drug-likeness (QED) is 0.434. The molecule has 1 aromatic rings. The predicted octanol–water partition coefficient (Wildman–Crippen LogP) is 4.83. The number of aryl methyl sites for hydroxylation is 1. The fourth-order valence-electron chi connectivity index (χ4n) is 3.76. The molecule has 4 atom stereocenters. The maximum atomic E-state index is 14.1. The first-order chi connectivity index (χ1) is 16.1. The minimum absolute atomic E-state index is 0.0299. The number of aromatic hydroxyl groups is 1. The van der Waals surface area contributed by atoms with Gasteiger partial charge in [-0.3, -0.25) is 9.59 Å². The van der Waals surface area contributed by atoms with Gasteiger partial charge in [0.25, 0.3) is 0 Å². The van der Waals surface area contributed by atoms with Crippen LogP contribution in [0.1, 0.15) is 92.3 Å². The fraction of sp³-hybridized carbons (Fsp3) is 0.667. The van der Waals surface area contributed by atoms with Crippen LogP contribution in [-0.4, -0.2) is 51.6 Å². The van der Waals surface area contributed by atoms with E-state index in [1.807, 2.05) is 41.5 Å². The van der Waals surface area contributed by atoms with E-state index in [2.05, 4.69) is 10.6 Å². The second-order valence-electron chi connectivity index (χ2n) is 10.6. The Kier molecular flexibility index (Phi) is 11.1. The molecule has 0 fully saturated rings. The van der Waals surface area contributed by atoms with Crippen molar-refractivity contribution >= 4 is 17.9 Å². The number of amides is 3. The van der Waals surface area contributed by atoms with Gasteiger partial charge in [-0.05, 0) is 66.4 Å². The van der Waals surface area contributed by atoms with Crippen LogP contribution < -0.4 is 10.6 Å². The summed E-state index contributed by atoms with van der Waals surface area (Å²) < 4.78 is 5.42. The Bertz CT molecular complexity index is 878. The molecule has 0 aliphatic heterocycles. The highest BCUT2D eigenvalue weighted by Gasteiger charge is 2.41. The summed E-state index contributed by atoms with van der Waals surface area (Å²) in [6, 6.07) is 2.65. The minimum atomic E-state index is -1.08. The third kappa shape index (κ3) is 8.44. The van der Waals surface area contributed by atoms with E-state index in [0.29, 0.717) is 24.0 Å². The zero-order chi connectivity index (χ0) is 27.1. The molecule has 0 aromatic heterocycles. The largest absolute Gasteiger partial charge is 0.507 e. The first-order valence-corrected chi connectivity index (χ1v) is 12.5. The van der Waals surface area contributed by atoms with Gasteiger partial charge in [-0.25, -0.2) is 4.79 Å². The van der Waals surface area contributed by atoms with Crippen molar-refractivity contribution < 1.29 is 24.2 Å². The Labute approximate surface area is 210 Å². The fourth-order valence-corrected chi connectivity index (χ4v) is 3.76. The molecule has 0 saturated heterocycles. The van der Waals surface area contributed by atoms with E-state index in [1.165, 1.54) is 4.90 Å². The number of hydrogen-bond acceptors (Lipinski definition) is 5. The maximum absolute atomic E-state index is 14.1. The smallest absolute Gasteiger partial charge is 0.408 e. The molecular weight excluding hydrogens is 446 g/mol. The number of ether oxygens (including phenoxy) is 1. The van der Waals surface area contributed by atoms with Gasteiger partial charge >= 0.3 is 6.09 Å². The number of para-hydroxylation sites is 1. The molecule has 3 N–H and O–H groups in total. The molecule has 0 aliphatic rings. The van der Waals surface area contributed by atoms with Crippen LogP contribution >= 0.6 is 0 Å². The molecular formula is C27H45N3O5. The van der Waals surface area contributed by atoms with Gasteiger partial charge < -0.3 is 25.4 Å². The average Bonchev–Trinajstić information content (AvgIpc) is 2.74. The second kappa shape index (κ2) is 12.8. The van der Waals surface area contributed by atoms with E-state index in [0.717, 1.165) is 0 Å². The normalized spacial score (nSPS) is 15.1. The Morgan fingerprint density at radius 3 is 2.11 bits per heavy atom. The molecule has 3 amide bonds. The summed E-state index contributed by atoms with van der Waals surface area (Å²) in [6.45, 7) is 18.3. The highest BCUT2D eigenvalue weighted by atomic mass is 16.6. The third-order valence-electron chi connectivity index (χ3n) is 5.99. The van der Waals surface area contributed by atoms with Gasteiger partial charge in [0.15, 0.2) is 0 Å². The van der Waals surface area contributed by atoms with Gasteiger partial charge in [-0.15, -0.1) is 0 Å². The predicted molar refractivity (Wildman–Crippen MR) is 138 cm³/mol. The number of phenolic OH excluding ortho intramolecular Hbond substituents is 1. The highest BCUT2D eigenvalue weighted by molar-refractivity contribution is 5.93. The molecule has 0 heterocycles. The summed E-state index contributed by atoms with van der Waals surface area (Å²) in [6.07, 6.45) is 0.504. The summed E-state index contributed by atoms with van der Waals surface area (Å²) in [4.78, 5) is 41.8.